The number of Topliss-reactive ketones (excluding diaryl/α,β-unsaturated/α-hetero) is 1. The third kappa shape index (κ3) is 4.85. The van der Waals surface area contributed by atoms with Crippen molar-refractivity contribution in [2.75, 3.05) is 39.4 Å². The Morgan fingerprint density at radius 1 is 1.11 bits per heavy atom. The van der Waals surface area contributed by atoms with Crippen LogP contribution in [0.2, 0.25) is 5.02 Å². The van der Waals surface area contributed by atoms with Crippen molar-refractivity contribution in [3.8, 4) is 11.5 Å². The van der Waals surface area contributed by atoms with Crippen molar-refractivity contribution in [3.05, 3.63) is 58.6 Å². The summed E-state index contributed by atoms with van der Waals surface area (Å²) < 4.78 is 11.1. The Kier molecular flexibility index (Phi) is 7.31. The summed E-state index contributed by atoms with van der Waals surface area (Å²) in [4.78, 5) is 15.0. The quantitative estimate of drug-likeness (QED) is 0.643. The van der Waals surface area contributed by atoms with Crippen LogP contribution in [0.1, 0.15) is 35.8 Å². The van der Waals surface area contributed by atoms with Crippen molar-refractivity contribution in [1.82, 2.24) is 10.2 Å². The van der Waals surface area contributed by atoms with Gasteiger partial charge in [0.15, 0.2) is 17.3 Å². The standard InChI is InChI=1S/C22H27ClN2O3/c1-3-25(4-2)19(17-7-5-6-8-18(17)23)14-24-15-20(26)16-9-10-21-22(13-16)28-12-11-27-21/h5-10,13,19,24H,3-4,11-12,14-15H2,1-2H3. The van der Waals surface area contributed by atoms with Gasteiger partial charge in [0.05, 0.1) is 6.54 Å². The summed E-state index contributed by atoms with van der Waals surface area (Å²) in [5, 5.41) is 4.07. The van der Waals surface area contributed by atoms with Gasteiger partial charge in [-0.25, -0.2) is 0 Å². The molecule has 3 rings (SSSR count). The molecule has 1 N–H and O–H groups in total. The fraction of sp³-hybridized carbons (Fsp3) is 0.409. The third-order valence-electron chi connectivity index (χ3n) is 5.00. The van der Waals surface area contributed by atoms with E-state index in [9.17, 15) is 4.79 Å². The summed E-state index contributed by atoms with van der Waals surface area (Å²) in [5.41, 5.74) is 1.70. The van der Waals surface area contributed by atoms with Crippen LogP contribution in [0.4, 0.5) is 0 Å². The maximum atomic E-state index is 12.6. The van der Waals surface area contributed by atoms with Crippen LogP contribution in [0.5, 0.6) is 11.5 Å². The van der Waals surface area contributed by atoms with Gasteiger partial charge in [0.2, 0.25) is 0 Å². The fourth-order valence-corrected chi connectivity index (χ4v) is 3.75. The molecule has 0 radical (unpaired) electrons. The lowest BCUT2D eigenvalue weighted by atomic mass is 10.0. The molecular formula is C22H27ClN2O3. The largest absolute Gasteiger partial charge is 0.486 e. The molecule has 6 heteroatoms. The van der Waals surface area contributed by atoms with E-state index in [1.807, 2.05) is 18.2 Å². The highest BCUT2D eigenvalue weighted by Gasteiger charge is 2.21. The third-order valence-corrected chi connectivity index (χ3v) is 5.35. The Hall–Kier alpha value is -2.08. The van der Waals surface area contributed by atoms with E-state index in [0.717, 1.165) is 23.7 Å². The first-order valence-electron chi connectivity index (χ1n) is 9.76. The van der Waals surface area contributed by atoms with Crippen LogP contribution in [0.25, 0.3) is 0 Å². The predicted octanol–water partition coefficient (Wildman–Crippen LogP) is 3.97. The van der Waals surface area contributed by atoms with E-state index in [1.54, 1.807) is 18.2 Å². The Morgan fingerprint density at radius 2 is 1.82 bits per heavy atom. The molecule has 150 valence electrons. The highest BCUT2D eigenvalue weighted by Crippen LogP contribution is 2.31. The predicted molar refractivity (Wildman–Crippen MR) is 112 cm³/mol. The van der Waals surface area contributed by atoms with Gasteiger partial charge < -0.3 is 14.8 Å². The second-order valence-electron chi connectivity index (χ2n) is 6.67. The van der Waals surface area contributed by atoms with E-state index in [0.29, 0.717) is 36.8 Å². The number of likely N-dealkylation sites (N-methyl/N-ethyl adjacent to an activating group) is 1. The molecule has 5 nitrogen and oxygen atoms in total. The van der Waals surface area contributed by atoms with Gasteiger partial charge in [-0.05, 0) is 42.9 Å². The lowest BCUT2D eigenvalue weighted by Crippen LogP contribution is -2.37. The zero-order valence-corrected chi connectivity index (χ0v) is 17.2. The van der Waals surface area contributed by atoms with Crippen molar-refractivity contribution < 1.29 is 14.3 Å². The molecule has 0 aromatic heterocycles. The molecule has 0 aliphatic carbocycles. The Balaban J connectivity index is 1.65. The lowest BCUT2D eigenvalue weighted by molar-refractivity contribution is 0.0985. The number of halogens is 1. The SMILES string of the molecule is CCN(CC)C(CNCC(=O)c1ccc2c(c1)OCCO2)c1ccccc1Cl. The summed E-state index contributed by atoms with van der Waals surface area (Å²) >= 11 is 6.43. The minimum absolute atomic E-state index is 0.0226. The number of nitrogens with zero attached hydrogens (tertiary/aromatic N) is 1. The topological polar surface area (TPSA) is 50.8 Å². The van der Waals surface area contributed by atoms with Crippen LogP contribution in [0, 0.1) is 0 Å². The second-order valence-corrected chi connectivity index (χ2v) is 7.08. The molecule has 2 aromatic rings. The van der Waals surface area contributed by atoms with E-state index < -0.39 is 0 Å². The number of hydrogen-bond acceptors (Lipinski definition) is 5. The normalized spacial score (nSPS) is 14.1. The molecule has 1 aliphatic heterocycles. The zero-order chi connectivity index (χ0) is 19.9. The summed E-state index contributed by atoms with van der Waals surface area (Å²) in [6, 6.07) is 13.3. The lowest BCUT2D eigenvalue weighted by Gasteiger charge is -2.31. The summed E-state index contributed by atoms with van der Waals surface area (Å²) in [7, 11) is 0. The van der Waals surface area contributed by atoms with Gasteiger partial charge in [0.25, 0.3) is 0 Å². The molecule has 2 aromatic carbocycles. The molecular weight excluding hydrogens is 376 g/mol. The fourth-order valence-electron chi connectivity index (χ4n) is 3.49. The van der Waals surface area contributed by atoms with Crippen LogP contribution in [-0.2, 0) is 0 Å². The van der Waals surface area contributed by atoms with E-state index in [1.165, 1.54) is 0 Å². The van der Waals surface area contributed by atoms with Gasteiger partial charge in [0, 0.05) is 23.2 Å². The van der Waals surface area contributed by atoms with Gasteiger partial charge >= 0.3 is 0 Å². The van der Waals surface area contributed by atoms with Crippen LogP contribution in [-0.4, -0.2) is 50.1 Å². The average molecular weight is 403 g/mol. The molecule has 0 spiro atoms. The van der Waals surface area contributed by atoms with Crippen LogP contribution >= 0.6 is 11.6 Å². The molecule has 1 aliphatic rings. The van der Waals surface area contributed by atoms with Crippen molar-refractivity contribution in [1.29, 1.82) is 0 Å². The summed E-state index contributed by atoms with van der Waals surface area (Å²) in [6.45, 7) is 8.02. The maximum absolute atomic E-state index is 12.6. The molecule has 0 saturated heterocycles. The number of ether oxygens (including phenoxy) is 2. The van der Waals surface area contributed by atoms with E-state index >= 15 is 0 Å². The molecule has 0 bridgehead atoms. The first kappa shape index (κ1) is 20.6. The Labute approximate surface area is 171 Å². The number of hydrogen-bond donors (Lipinski definition) is 1. The number of fused-ring (bicyclic) bond motifs is 1. The van der Waals surface area contributed by atoms with Gasteiger partial charge in [-0.15, -0.1) is 0 Å². The minimum Gasteiger partial charge on any atom is -0.486 e. The van der Waals surface area contributed by atoms with Gasteiger partial charge in [-0.2, -0.15) is 0 Å². The molecule has 28 heavy (non-hydrogen) atoms. The van der Waals surface area contributed by atoms with Crippen LogP contribution in [0.3, 0.4) is 0 Å². The molecule has 0 fully saturated rings. The Bertz CT molecular complexity index is 808. The van der Waals surface area contributed by atoms with E-state index in [4.69, 9.17) is 21.1 Å². The van der Waals surface area contributed by atoms with Gasteiger partial charge in [-0.3, -0.25) is 9.69 Å². The van der Waals surface area contributed by atoms with Crippen molar-refractivity contribution in [2.45, 2.75) is 19.9 Å². The molecule has 0 amide bonds. The summed E-state index contributed by atoms with van der Waals surface area (Å²) in [5.74, 6) is 1.35. The summed E-state index contributed by atoms with van der Waals surface area (Å²) in [6.07, 6.45) is 0. The van der Waals surface area contributed by atoms with Crippen LogP contribution < -0.4 is 14.8 Å². The number of benzene rings is 2. The molecule has 1 unspecified atom stereocenters. The number of carbonyl (C=O) groups excluding carboxylic acids is 1. The van der Waals surface area contributed by atoms with Crippen molar-refractivity contribution in [3.63, 3.8) is 0 Å². The van der Waals surface area contributed by atoms with Crippen molar-refractivity contribution >= 4 is 17.4 Å². The smallest absolute Gasteiger partial charge is 0.176 e. The van der Waals surface area contributed by atoms with Crippen LogP contribution in [0.15, 0.2) is 42.5 Å². The first-order chi connectivity index (χ1) is 13.6. The highest BCUT2D eigenvalue weighted by molar-refractivity contribution is 6.31. The van der Waals surface area contributed by atoms with Gasteiger partial charge in [-0.1, -0.05) is 43.6 Å². The molecule has 0 saturated carbocycles. The number of rotatable bonds is 9. The monoisotopic (exact) mass is 402 g/mol. The number of carbonyl (C=O) groups is 1. The number of nitrogens with one attached hydrogen (secondary N) is 1. The Morgan fingerprint density at radius 3 is 2.54 bits per heavy atom. The second kappa shape index (κ2) is 9.92. The van der Waals surface area contributed by atoms with E-state index in [-0.39, 0.29) is 18.4 Å². The first-order valence-corrected chi connectivity index (χ1v) is 10.1. The zero-order valence-electron chi connectivity index (χ0n) is 16.4. The maximum Gasteiger partial charge on any atom is 0.176 e. The minimum atomic E-state index is 0.0226. The van der Waals surface area contributed by atoms with E-state index in [2.05, 4.69) is 30.1 Å². The molecule has 1 atom stereocenters. The highest BCUT2D eigenvalue weighted by atomic mass is 35.5. The average Bonchev–Trinajstić information content (AvgIpc) is 2.73. The molecule has 1 heterocycles. The van der Waals surface area contributed by atoms with Gasteiger partial charge in [0.1, 0.15) is 13.2 Å². The van der Waals surface area contributed by atoms with Crippen molar-refractivity contribution in [2.24, 2.45) is 0 Å². The number of ketones is 1.